The summed E-state index contributed by atoms with van der Waals surface area (Å²) in [7, 11) is 0. The number of carbonyl (C=O) groups excluding carboxylic acids is 2. The SMILES string of the molecule is CC(=O)c1ccc(N2CCC(CC(=O)N3CCN(C4CCCC4)CC3)CC2)cc1. The van der Waals surface area contributed by atoms with Gasteiger partial charge in [-0.15, -0.1) is 0 Å². The van der Waals surface area contributed by atoms with Gasteiger partial charge in [-0.05, 0) is 62.8 Å². The van der Waals surface area contributed by atoms with Crippen LogP contribution in [0.15, 0.2) is 24.3 Å². The van der Waals surface area contributed by atoms with Gasteiger partial charge in [0.15, 0.2) is 5.78 Å². The Bertz CT molecular complexity index is 695. The van der Waals surface area contributed by atoms with Crippen LogP contribution < -0.4 is 4.90 Å². The van der Waals surface area contributed by atoms with Gasteiger partial charge in [0.05, 0.1) is 0 Å². The van der Waals surface area contributed by atoms with Gasteiger partial charge < -0.3 is 9.80 Å². The van der Waals surface area contributed by atoms with E-state index in [0.717, 1.165) is 63.7 Å². The van der Waals surface area contributed by atoms with E-state index in [-0.39, 0.29) is 5.78 Å². The molecule has 0 unspecified atom stereocenters. The zero-order valence-corrected chi connectivity index (χ0v) is 17.8. The van der Waals surface area contributed by atoms with E-state index >= 15 is 0 Å². The van der Waals surface area contributed by atoms with E-state index in [0.29, 0.717) is 18.2 Å². The maximum Gasteiger partial charge on any atom is 0.222 e. The molecule has 1 amide bonds. The highest BCUT2D eigenvalue weighted by molar-refractivity contribution is 5.94. The second-order valence-electron chi connectivity index (χ2n) is 9.09. The smallest absolute Gasteiger partial charge is 0.222 e. The molecule has 5 nitrogen and oxygen atoms in total. The molecule has 2 saturated heterocycles. The summed E-state index contributed by atoms with van der Waals surface area (Å²) >= 11 is 0. The maximum absolute atomic E-state index is 12.8. The van der Waals surface area contributed by atoms with Crippen molar-refractivity contribution in [1.29, 1.82) is 0 Å². The average molecular weight is 398 g/mol. The van der Waals surface area contributed by atoms with E-state index in [1.54, 1.807) is 6.92 Å². The van der Waals surface area contributed by atoms with Gasteiger partial charge in [0.2, 0.25) is 5.91 Å². The number of piperazine rings is 1. The largest absolute Gasteiger partial charge is 0.372 e. The number of hydrogen-bond donors (Lipinski definition) is 0. The molecule has 0 bridgehead atoms. The van der Waals surface area contributed by atoms with Gasteiger partial charge in [-0.1, -0.05) is 12.8 Å². The van der Waals surface area contributed by atoms with Gasteiger partial charge in [0.1, 0.15) is 0 Å². The lowest BCUT2D eigenvalue weighted by Gasteiger charge is -2.39. The lowest BCUT2D eigenvalue weighted by Crippen LogP contribution is -2.51. The number of nitrogens with zero attached hydrogens (tertiary/aromatic N) is 3. The minimum Gasteiger partial charge on any atom is -0.372 e. The van der Waals surface area contributed by atoms with E-state index in [4.69, 9.17) is 0 Å². The highest BCUT2D eigenvalue weighted by atomic mass is 16.2. The standard InChI is InChI=1S/C24H35N3O2/c1-19(28)21-6-8-23(9-7-21)25-12-10-20(11-13-25)18-24(29)27-16-14-26(15-17-27)22-4-2-3-5-22/h6-9,20,22H,2-5,10-18H2,1H3. The summed E-state index contributed by atoms with van der Waals surface area (Å²) in [6, 6.07) is 8.70. The van der Waals surface area contributed by atoms with Crippen molar-refractivity contribution in [1.82, 2.24) is 9.80 Å². The number of hydrogen-bond acceptors (Lipinski definition) is 4. The van der Waals surface area contributed by atoms with Crippen LogP contribution in [0.3, 0.4) is 0 Å². The summed E-state index contributed by atoms with van der Waals surface area (Å²) in [5.41, 5.74) is 1.95. The predicted octanol–water partition coefficient (Wildman–Crippen LogP) is 3.58. The molecular formula is C24H35N3O2. The normalized spacial score (nSPS) is 22.2. The summed E-state index contributed by atoms with van der Waals surface area (Å²) in [6.07, 6.45) is 8.31. The second kappa shape index (κ2) is 9.29. The molecule has 0 spiro atoms. The first-order chi connectivity index (χ1) is 14.1. The lowest BCUT2D eigenvalue weighted by molar-refractivity contribution is -0.134. The lowest BCUT2D eigenvalue weighted by atomic mass is 9.92. The molecule has 29 heavy (non-hydrogen) atoms. The number of ketones is 1. The van der Waals surface area contributed by atoms with Gasteiger partial charge in [-0.3, -0.25) is 14.5 Å². The molecule has 0 atom stereocenters. The molecule has 3 aliphatic rings. The van der Waals surface area contributed by atoms with Crippen molar-refractivity contribution >= 4 is 17.4 Å². The molecule has 0 aromatic heterocycles. The van der Waals surface area contributed by atoms with E-state index in [2.05, 4.69) is 14.7 Å². The quantitative estimate of drug-likeness (QED) is 0.713. The molecule has 1 aliphatic carbocycles. The van der Waals surface area contributed by atoms with E-state index in [1.807, 2.05) is 24.3 Å². The Balaban J connectivity index is 1.20. The molecule has 2 aliphatic heterocycles. The fourth-order valence-corrected chi connectivity index (χ4v) is 5.28. The van der Waals surface area contributed by atoms with Crippen LogP contribution in [0.4, 0.5) is 5.69 Å². The molecule has 1 saturated carbocycles. The number of Topliss-reactive ketones (excluding diaryl/α,β-unsaturated/α-hetero) is 1. The molecule has 0 radical (unpaired) electrons. The van der Waals surface area contributed by atoms with Crippen LogP contribution in [0.5, 0.6) is 0 Å². The van der Waals surface area contributed by atoms with Crippen LogP contribution in [-0.2, 0) is 4.79 Å². The van der Waals surface area contributed by atoms with Crippen molar-refractivity contribution in [2.24, 2.45) is 5.92 Å². The van der Waals surface area contributed by atoms with Gasteiger partial charge in [-0.2, -0.15) is 0 Å². The third-order valence-corrected chi connectivity index (χ3v) is 7.22. The van der Waals surface area contributed by atoms with Gasteiger partial charge in [-0.25, -0.2) is 0 Å². The van der Waals surface area contributed by atoms with Crippen LogP contribution in [0.25, 0.3) is 0 Å². The summed E-state index contributed by atoms with van der Waals surface area (Å²) in [4.78, 5) is 31.4. The van der Waals surface area contributed by atoms with Gasteiger partial charge >= 0.3 is 0 Å². The Hall–Kier alpha value is -1.88. The molecular weight excluding hydrogens is 362 g/mol. The Kier molecular flexibility index (Phi) is 6.53. The van der Waals surface area contributed by atoms with Crippen molar-refractivity contribution in [3.05, 3.63) is 29.8 Å². The number of anilines is 1. The third-order valence-electron chi connectivity index (χ3n) is 7.22. The van der Waals surface area contributed by atoms with Crippen LogP contribution >= 0.6 is 0 Å². The number of amides is 1. The van der Waals surface area contributed by atoms with Crippen molar-refractivity contribution in [2.45, 2.75) is 57.9 Å². The maximum atomic E-state index is 12.8. The Morgan fingerprint density at radius 3 is 2.07 bits per heavy atom. The molecule has 4 rings (SSSR count). The van der Waals surface area contributed by atoms with Crippen LogP contribution in [0.1, 0.15) is 62.2 Å². The minimum atomic E-state index is 0.109. The zero-order valence-electron chi connectivity index (χ0n) is 17.8. The number of rotatable bonds is 5. The topological polar surface area (TPSA) is 43.9 Å². The summed E-state index contributed by atoms with van der Waals surface area (Å²) in [5.74, 6) is 0.973. The highest BCUT2D eigenvalue weighted by Gasteiger charge is 2.29. The molecule has 1 aromatic carbocycles. The van der Waals surface area contributed by atoms with E-state index in [9.17, 15) is 9.59 Å². The summed E-state index contributed by atoms with van der Waals surface area (Å²) in [6.45, 7) is 7.54. The highest BCUT2D eigenvalue weighted by Crippen LogP contribution is 2.27. The zero-order chi connectivity index (χ0) is 20.2. The van der Waals surface area contributed by atoms with E-state index in [1.165, 1.54) is 31.4 Å². The number of piperidine rings is 1. The fourth-order valence-electron chi connectivity index (χ4n) is 5.28. The number of benzene rings is 1. The Morgan fingerprint density at radius 1 is 0.862 bits per heavy atom. The molecule has 1 aromatic rings. The van der Waals surface area contributed by atoms with Gasteiger partial charge in [0, 0.05) is 63.0 Å². The van der Waals surface area contributed by atoms with Crippen molar-refractivity contribution in [2.75, 3.05) is 44.2 Å². The molecule has 3 fully saturated rings. The predicted molar refractivity (Wildman–Crippen MR) is 116 cm³/mol. The molecule has 158 valence electrons. The van der Waals surface area contributed by atoms with Crippen molar-refractivity contribution in [3.8, 4) is 0 Å². The van der Waals surface area contributed by atoms with Crippen molar-refractivity contribution < 1.29 is 9.59 Å². The Morgan fingerprint density at radius 2 is 1.48 bits per heavy atom. The minimum absolute atomic E-state index is 0.109. The summed E-state index contributed by atoms with van der Waals surface area (Å²) < 4.78 is 0. The first-order valence-corrected chi connectivity index (χ1v) is 11.5. The fraction of sp³-hybridized carbons (Fsp3) is 0.667. The first kappa shape index (κ1) is 20.4. The van der Waals surface area contributed by atoms with Crippen LogP contribution in [0.2, 0.25) is 0 Å². The third kappa shape index (κ3) is 5.00. The van der Waals surface area contributed by atoms with Crippen LogP contribution in [-0.4, -0.2) is 66.8 Å². The second-order valence-corrected chi connectivity index (χ2v) is 9.09. The molecule has 2 heterocycles. The monoisotopic (exact) mass is 397 g/mol. The number of carbonyl (C=O) groups is 2. The molecule has 0 N–H and O–H groups in total. The Labute approximate surface area is 175 Å². The van der Waals surface area contributed by atoms with Crippen molar-refractivity contribution in [3.63, 3.8) is 0 Å². The molecule has 5 heteroatoms. The average Bonchev–Trinajstić information content (AvgIpc) is 3.29. The van der Waals surface area contributed by atoms with Gasteiger partial charge in [0.25, 0.3) is 0 Å². The van der Waals surface area contributed by atoms with Crippen LogP contribution in [0, 0.1) is 5.92 Å². The first-order valence-electron chi connectivity index (χ1n) is 11.5. The summed E-state index contributed by atoms with van der Waals surface area (Å²) in [5, 5.41) is 0. The van der Waals surface area contributed by atoms with E-state index < -0.39 is 0 Å².